The van der Waals surface area contributed by atoms with Crippen molar-refractivity contribution in [2.45, 2.75) is 77.3 Å². The highest BCUT2D eigenvalue weighted by Crippen LogP contribution is 2.28. The Balaban J connectivity index is 1.63. The highest BCUT2D eigenvalue weighted by atomic mass is 16.2. The molecule has 170 valence electrons. The van der Waals surface area contributed by atoms with E-state index in [4.69, 9.17) is 0 Å². The summed E-state index contributed by atoms with van der Waals surface area (Å²) in [7, 11) is 0. The van der Waals surface area contributed by atoms with Crippen molar-refractivity contribution in [1.29, 1.82) is 0 Å². The van der Waals surface area contributed by atoms with Gasteiger partial charge in [0.25, 0.3) is 5.91 Å². The van der Waals surface area contributed by atoms with Crippen LogP contribution < -0.4 is 10.6 Å². The van der Waals surface area contributed by atoms with E-state index in [0.29, 0.717) is 31.1 Å². The molecular formula is C25H37N3O3. The Labute approximate surface area is 186 Å². The number of ketones is 1. The molecule has 0 bridgehead atoms. The molecule has 6 nitrogen and oxygen atoms in total. The van der Waals surface area contributed by atoms with Gasteiger partial charge in [-0.2, -0.15) is 0 Å². The Kier molecular flexibility index (Phi) is 8.24. The van der Waals surface area contributed by atoms with E-state index in [9.17, 15) is 14.4 Å². The standard InChI is InChI=1S/C25H37N3O3/c1-4-7-22(24(30)17(2)3)27-25(31)19-9-5-8-18(14-19)20-10-6-13-28(16-20)23(29)15-26-21-11-12-21/h5,8-9,14,17,20-22,26H,4,6-7,10-13,15-16H2,1-3H3,(H,27,31). The Morgan fingerprint density at radius 3 is 2.61 bits per heavy atom. The van der Waals surface area contributed by atoms with Gasteiger partial charge in [-0.25, -0.2) is 0 Å². The molecule has 0 radical (unpaired) electrons. The van der Waals surface area contributed by atoms with Crippen molar-refractivity contribution in [3.8, 4) is 0 Å². The smallest absolute Gasteiger partial charge is 0.251 e. The number of nitrogens with one attached hydrogen (secondary N) is 2. The van der Waals surface area contributed by atoms with Gasteiger partial charge < -0.3 is 15.5 Å². The summed E-state index contributed by atoms with van der Waals surface area (Å²) < 4.78 is 0. The van der Waals surface area contributed by atoms with E-state index < -0.39 is 6.04 Å². The van der Waals surface area contributed by atoms with Crippen LogP contribution in [0.2, 0.25) is 0 Å². The summed E-state index contributed by atoms with van der Waals surface area (Å²) in [6, 6.07) is 7.76. The van der Waals surface area contributed by atoms with Gasteiger partial charge in [0, 0.05) is 36.5 Å². The van der Waals surface area contributed by atoms with Crippen LogP contribution in [0.15, 0.2) is 24.3 Å². The second-order valence-electron chi connectivity index (χ2n) is 9.33. The Hall–Kier alpha value is -2.21. The van der Waals surface area contributed by atoms with Crippen molar-refractivity contribution in [3.05, 3.63) is 35.4 Å². The first-order valence-electron chi connectivity index (χ1n) is 11.8. The summed E-state index contributed by atoms with van der Waals surface area (Å²) in [6.45, 7) is 7.67. The van der Waals surface area contributed by atoms with Crippen molar-refractivity contribution < 1.29 is 14.4 Å². The Morgan fingerprint density at radius 1 is 1.16 bits per heavy atom. The molecule has 2 fully saturated rings. The molecule has 31 heavy (non-hydrogen) atoms. The highest BCUT2D eigenvalue weighted by Gasteiger charge is 2.28. The fourth-order valence-electron chi connectivity index (χ4n) is 4.26. The van der Waals surface area contributed by atoms with Crippen LogP contribution in [0.5, 0.6) is 0 Å². The molecule has 3 rings (SSSR count). The SMILES string of the molecule is CCCC(NC(=O)c1cccc(C2CCCN(C(=O)CNC3CC3)C2)c1)C(=O)C(C)C. The molecule has 1 heterocycles. The summed E-state index contributed by atoms with van der Waals surface area (Å²) in [4.78, 5) is 39.8. The minimum absolute atomic E-state index is 0.0765. The normalized spacial score (nSPS) is 19.9. The lowest BCUT2D eigenvalue weighted by atomic mass is 9.89. The second-order valence-corrected chi connectivity index (χ2v) is 9.33. The first kappa shape index (κ1) is 23.5. The van der Waals surface area contributed by atoms with Crippen LogP contribution in [0.4, 0.5) is 0 Å². The van der Waals surface area contributed by atoms with Crippen LogP contribution in [-0.2, 0) is 9.59 Å². The lowest BCUT2D eigenvalue weighted by molar-refractivity contribution is -0.131. The van der Waals surface area contributed by atoms with E-state index in [2.05, 4.69) is 10.6 Å². The topological polar surface area (TPSA) is 78.5 Å². The minimum Gasteiger partial charge on any atom is -0.342 e. The lowest BCUT2D eigenvalue weighted by Gasteiger charge is -2.33. The van der Waals surface area contributed by atoms with Gasteiger partial charge in [0.1, 0.15) is 0 Å². The summed E-state index contributed by atoms with van der Waals surface area (Å²) in [5, 5.41) is 6.25. The first-order valence-corrected chi connectivity index (χ1v) is 11.8. The number of hydrogen-bond acceptors (Lipinski definition) is 4. The summed E-state index contributed by atoms with van der Waals surface area (Å²) in [5.74, 6) is 0.165. The molecule has 1 aliphatic carbocycles. The quantitative estimate of drug-likeness (QED) is 0.601. The molecule has 2 unspecified atom stereocenters. The van der Waals surface area contributed by atoms with Crippen LogP contribution in [-0.4, -0.2) is 54.2 Å². The monoisotopic (exact) mass is 427 g/mol. The van der Waals surface area contributed by atoms with Crippen molar-refractivity contribution in [3.63, 3.8) is 0 Å². The molecule has 1 saturated heterocycles. The van der Waals surface area contributed by atoms with Gasteiger partial charge in [-0.3, -0.25) is 14.4 Å². The van der Waals surface area contributed by atoms with E-state index in [-0.39, 0.29) is 29.4 Å². The van der Waals surface area contributed by atoms with Gasteiger partial charge in [0.05, 0.1) is 12.6 Å². The average Bonchev–Trinajstić information content (AvgIpc) is 3.61. The van der Waals surface area contributed by atoms with Gasteiger partial charge in [-0.05, 0) is 49.8 Å². The number of benzene rings is 1. The molecule has 6 heteroatoms. The van der Waals surface area contributed by atoms with Crippen LogP contribution in [0.3, 0.4) is 0 Å². The maximum atomic E-state index is 12.9. The average molecular weight is 428 g/mol. The number of rotatable bonds is 10. The molecule has 1 aliphatic heterocycles. The third-order valence-electron chi connectivity index (χ3n) is 6.31. The molecule has 1 aromatic carbocycles. The number of likely N-dealkylation sites (tertiary alicyclic amines) is 1. The third-order valence-corrected chi connectivity index (χ3v) is 6.31. The predicted octanol–water partition coefficient (Wildman–Crippen LogP) is 3.27. The van der Waals surface area contributed by atoms with Crippen LogP contribution in [0, 0.1) is 5.92 Å². The zero-order chi connectivity index (χ0) is 22.4. The molecule has 2 aliphatic rings. The third kappa shape index (κ3) is 6.63. The number of nitrogens with zero attached hydrogens (tertiary/aromatic N) is 1. The molecule has 2 amide bonds. The van der Waals surface area contributed by atoms with Gasteiger partial charge in [0.15, 0.2) is 5.78 Å². The lowest BCUT2D eigenvalue weighted by Crippen LogP contribution is -2.44. The van der Waals surface area contributed by atoms with E-state index in [1.807, 2.05) is 43.9 Å². The number of carbonyl (C=O) groups is 3. The molecule has 1 aromatic rings. The molecule has 0 spiro atoms. The number of carbonyl (C=O) groups excluding carboxylic acids is 3. The Morgan fingerprint density at radius 2 is 1.94 bits per heavy atom. The highest BCUT2D eigenvalue weighted by molar-refractivity contribution is 5.98. The van der Waals surface area contributed by atoms with E-state index >= 15 is 0 Å². The molecule has 2 N–H and O–H groups in total. The van der Waals surface area contributed by atoms with Crippen molar-refractivity contribution in [2.24, 2.45) is 5.92 Å². The number of hydrogen-bond donors (Lipinski definition) is 2. The minimum atomic E-state index is -0.442. The predicted molar refractivity (Wildman–Crippen MR) is 122 cm³/mol. The second kappa shape index (κ2) is 10.9. The van der Waals surface area contributed by atoms with Crippen molar-refractivity contribution in [1.82, 2.24) is 15.5 Å². The fraction of sp³-hybridized carbons (Fsp3) is 0.640. The van der Waals surface area contributed by atoms with E-state index in [1.165, 1.54) is 12.8 Å². The van der Waals surface area contributed by atoms with Gasteiger partial charge in [-0.1, -0.05) is 39.3 Å². The fourth-order valence-corrected chi connectivity index (χ4v) is 4.26. The summed E-state index contributed by atoms with van der Waals surface area (Å²) in [6.07, 6.45) is 5.81. The molecular weight excluding hydrogens is 390 g/mol. The van der Waals surface area contributed by atoms with Crippen LogP contribution in [0.25, 0.3) is 0 Å². The number of amides is 2. The largest absolute Gasteiger partial charge is 0.342 e. The molecule has 2 atom stereocenters. The zero-order valence-electron chi connectivity index (χ0n) is 19.2. The molecule has 0 aromatic heterocycles. The maximum Gasteiger partial charge on any atom is 0.251 e. The molecule has 1 saturated carbocycles. The van der Waals surface area contributed by atoms with E-state index in [1.54, 1.807) is 6.07 Å². The number of piperidine rings is 1. The van der Waals surface area contributed by atoms with Gasteiger partial charge in [-0.15, -0.1) is 0 Å². The van der Waals surface area contributed by atoms with E-state index in [0.717, 1.165) is 31.4 Å². The summed E-state index contributed by atoms with van der Waals surface area (Å²) >= 11 is 0. The van der Waals surface area contributed by atoms with Gasteiger partial charge in [0.2, 0.25) is 5.91 Å². The van der Waals surface area contributed by atoms with Crippen LogP contribution >= 0.6 is 0 Å². The summed E-state index contributed by atoms with van der Waals surface area (Å²) in [5.41, 5.74) is 1.66. The first-order chi connectivity index (χ1) is 14.9. The Bertz CT molecular complexity index is 788. The van der Waals surface area contributed by atoms with Crippen LogP contribution in [0.1, 0.15) is 81.1 Å². The van der Waals surface area contributed by atoms with Crippen molar-refractivity contribution in [2.75, 3.05) is 19.6 Å². The zero-order valence-corrected chi connectivity index (χ0v) is 19.2. The number of Topliss-reactive ketones (excluding diaryl/α,β-unsaturated/α-hetero) is 1. The maximum absolute atomic E-state index is 12.9. The van der Waals surface area contributed by atoms with Gasteiger partial charge >= 0.3 is 0 Å². The van der Waals surface area contributed by atoms with Crippen molar-refractivity contribution >= 4 is 17.6 Å².